The van der Waals surface area contributed by atoms with Crippen LogP contribution in [0, 0.1) is 17.0 Å². The molecule has 0 saturated heterocycles. The van der Waals surface area contributed by atoms with E-state index in [2.05, 4.69) is 10.3 Å². The Morgan fingerprint density at radius 2 is 1.84 bits per heavy atom. The summed E-state index contributed by atoms with van der Waals surface area (Å²) < 4.78 is 25.1. The minimum Gasteiger partial charge on any atom is -0.307 e. The number of nitrogens with one attached hydrogen (secondary N) is 1. The van der Waals surface area contributed by atoms with Gasteiger partial charge in [-0.15, -0.1) is 0 Å². The Morgan fingerprint density at radius 3 is 2.32 bits per heavy atom. The van der Waals surface area contributed by atoms with Crippen LogP contribution in [0.5, 0.6) is 0 Å². The van der Waals surface area contributed by atoms with Gasteiger partial charge in [-0.3, -0.25) is 14.9 Å². The number of amides is 1. The predicted molar refractivity (Wildman–Crippen MR) is 90.9 cm³/mol. The van der Waals surface area contributed by atoms with Gasteiger partial charge in [-0.05, 0) is 37.3 Å². The van der Waals surface area contributed by atoms with E-state index in [-0.39, 0.29) is 22.0 Å². The number of nitrogens with zero attached hydrogens (tertiary/aromatic N) is 3. The van der Waals surface area contributed by atoms with Crippen molar-refractivity contribution in [2.75, 3.05) is 19.4 Å². The molecule has 0 fully saturated rings. The molecule has 1 amide bonds. The first-order valence-electron chi connectivity index (χ1n) is 7.08. The molecule has 1 heterocycles. The fraction of sp³-hybridized carbons (Fsp3) is 0.200. The maximum Gasteiger partial charge on any atom is 0.290 e. The molecule has 10 heteroatoms. The summed E-state index contributed by atoms with van der Waals surface area (Å²) in [4.78, 5) is 26.3. The van der Waals surface area contributed by atoms with Crippen molar-refractivity contribution in [3.05, 3.63) is 57.8 Å². The average molecular weight is 364 g/mol. The van der Waals surface area contributed by atoms with Crippen molar-refractivity contribution in [1.82, 2.24) is 9.29 Å². The first-order chi connectivity index (χ1) is 11.6. The molecule has 1 aromatic heterocycles. The summed E-state index contributed by atoms with van der Waals surface area (Å²) in [5.41, 5.74) is 0.453. The number of hydrogen-bond donors (Lipinski definition) is 1. The Morgan fingerprint density at radius 1 is 1.24 bits per heavy atom. The van der Waals surface area contributed by atoms with E-state index in [0.717, 1.165) is 10.5 Å². The molecule has 0 spiro atoms. The van der Waals surface area contributed by atoms with Crippen LogP contribution in [-0.2, 0) is 10.0 Å². The van der Waals surface area contributed by atoms with Crippen molar-refractivity contribution >= 4 is 27.4 Å². The van der Waals surface area contributed by atoms with E-state index in [1.807, 2.05) is 0 Å². The van der Waals surface area contributed by atoms with E-state index in [1.54, 1.807) is 0 Å². The number of aryl methyl sites for hydroxylation is 1. The molecular weight excluding hydrogens is 348 g/mol. The number of nitro groups is 1. The lowest BCUT2D eigenvalue weighted by Crippen LogP contribution is -2.22. The second-order valence-electron chi connectivity index (χ2n) is 5.38. The number of carbonyl (C=O) groups excluding carboxylic acids is 1. The monoisotopic (exact) mass is 364 g/mol. The summed E-state index contributed by atoms with van der Waals surface area (Å²) in [6.45, 7) is 1.54. The molecule has 132 valence electrons. The molecule has 0 aliphatic rings. The third-order valence-electron chi connectivity index (χ3n) is 3.42. The lowest BCUT2D eigenvalue weighted by atomic mass is 10.2. The SMILES string of the molecule is Cc1cc(NC(=O)c2ccc(S(=O)(=O)N(C)C)cc2)ncc1[N+](=O)[O-]. The molecule has 0 atom stereocenters. The van der Waals surface area contributed by atoms with Gasteiger partial charge in [0.2, 0.25) is 10.0 Å². The second kappa shape index (κ2) is 6.95. The number of hydrogen-bond acceptors (Lipinski definition) is 6. The van der Waals surface area contributed by atoms with Gasteiger partial charge < -0.3 is 5.32 Å². The maximum atomic E-state index is 12.2. The van der Waals surface area contributed by atoms with Crippen LogP contribution >= 0.6 is 0 Å². The molecule has 0 unspecified atom stereocenters. The summed E-state index contributed by atoms with van der Waals surface area (Å²) in [5, 5.41) is 13.3. The van der Waals surface area contributed by atoms with Crippen molar-refractivity contribution in [2.24, 2.45) is 0 Å². The first-order valence-corrected chi connectivity index (χ1v) is 8.52. The third-order valence-corrected chi connectivity index (χ3v) is 5.25. The summed E-state index contributed by atoms with van der Waals surface area (Å²) in [6, 6.07) is 6.81. The molecule has 0 saturated carbocycles. The standard InChI is InChI=1S/C15H16N4O5S/c1-10-8-14(16-9-13(10)19(21)22)17-15(20)11-4-6-12(7-5-11)25(23,24)18(2)3/h4-9H,1-3H3,(H,16,17,20). The summed E-state index contributed by atoms with van der Waals surface area (Å²) in [5.74, 6) is -0.340. The predicted octanol–water partition coefficient (Wildman–Crippen LogP) is 1.80. The Hall–Kier alpha value is -2.85. The van der Waals surface area contributed by atoms with E-state index in [4.69, 9.17) is 0 Å². The van der Waals surface area contributed by atoms with Gasteiger partial charge in [0.05, 0.1) is 9.82 Å². The molecule has 9 nitrogen and oxygen atoms in total. The van der Waals surface area contributed by atoms with Gasteiger partial charge in [-0.2, -0.15) is 0 Å². The summed E-state index contributed by atoms with van der Waals surface area (Å²) in [7, 11) is -0.741. The number of carbonyl (C=O) groups is 1. The van der Waals surface area contributed by atoms with E-state index in [9.17, 15) is 23.3 Å². The molecule has 0 radical (unpaired) electrons. The van der Waals surface area contributed by atoms with Gasteiger partial charge in [0.15, 0.2) is 0 Å². The van der Waals surface area contributed by atoms with Gasteiger partial charge in [0.1, 0.15) is 12.0 Å². The largest absolute Gasteiger partial charge is 0.307 e. The molecule has 1 aromatic carbocycles. The number of benzene rings is 1. The normalized spacial score (nSPS) is 11.4. The summed E-state index contributed by atoms with van der Waals surface area (Å²) >= 11 is 0. The second-order valence-corrected chi connectivity index (χ2v) is 7.53. The molecule has 0 aliphatic carbocycles. The Kier molecular flexibility index (Phi) is 5.14. The van der Waals surface area contributed by atoms with Gasteiger partial charge >= 0.3 is 0 Å². The first kappa shape index (κ1) is 18.5. The quantitative estimate of drug-likeness (QED) is 0.637. The van der Waals surface area contributed by atoms with Crippen LogP contribution in [0.15, 0.2) is 41.4 Å². The zero-order valence-corrected chi connectivity index (χ0v) is 14.6. The molecule has 0 aliphatic heterocycles. The minimum atomic E-state index is -3.57. The number of sulfonamides is 1. The van der Waals surface area contributed by atoms with E-state index in [1.165, 1.54) is 51.4 Å². The number of rotatable bonds is 5. The van der Waals surface area contributed by atoms with E-state index < -0.39 is 20.9 Å². The van der Waals surface area contributed by atoms with Crippen molar-refractivity contribution in [2.45, 2.75) is 11.8 Å². The highest BCUT2D eigenvalue weighted by atomic mass is 32.2. The van der Waals surface area contributed by atoms with Crippen molar-refractivity contribution in [3.63, 3.8) is 0 Å². The molecule has 1 N–H and O–H groups in total. The topological polar surface area (TPSA) is 123 Å². The van der Waals surface area contributed by atoms with Gasteiger partial charge in [0, 0.05) is 25.2 Å². The van der Waals surface area contributed by atoms with Crippen LogP contribution in [0.1, 0.15) is 15.9 Å². The van der Waals surface area contributed by atoms with Crippen LogP contribution < -0.4 is 5.32 Å². The zero-order valence-electron chi connectivity index (χ0n) is 13.8. The van der Waals surface area contributed by atoms with Crippen LogP contribution in [0.4, 0.5) is 11.5 Å². The van der Waals surface area contributed by atoms with Gasteiger partial charge in [0.25, 0.3) is 11.6 Å². The number of aromatic nitrogens is 1. The Balaban J connectivity index is 2.19. The third kappa shape index (κ3) is 3.98. The van der Waals surface area contributed by atoms with E-state index in [0.29, 0.717) is 5.56 Å². The highest BCUT2D eigenvalue weighted by Crippen LogP contribution is 2.20. The van der Waals surface area contributed by atoms with Crippen LogP contribution in [0.25, 0.3) is 0 Å². The highest BCUT2D eigenvalue weighted by Gasteiger charge is 2.18. The van der Waals surface area contributed by atoms with Crippen LogP contribution in [0.3, 0.4) is 0 Å². The smallest absolute Gasteiger partial charge is 0.290 e. The minimum absolute atomic E-state index is 0.0679. The lowest BCUT2D eigenvalue weighted by molar-refractivity contribution is -0.385. The van der Waals surface area contributed by atoms with Gasteiger partial charge in [-0.25, -0.2) is 17.7 Å². The fourth-order valence-corrected chi connectivity index (χ4v) is 2.89. The van der Waals surface area contributed by atoms with Crippen molar-refractivity contribution < 1.29 is 18.1 Å². The molecule has 0 bridgehead atoms. The molecule has 2 aromatic rings. The molecular formula is C15H16N4O5S. The fourth-order valence-electron chi connectivity index (χ4n) is 1.99. The summed E-state index contributed by atoms with van der Waals surface area (Å²) in [6.07, 6.45) is 1.07. The number of pyridine rings is 1. The van der Waals surface area contributed by atoms with Gasteiger partial charge in [-0.1, -0.05) is 0 Å². The average Bonchev–Trinajstić information content (AvgIpc) is 2.54. The zero-order chi connectivity index (χ0) is 18.8. The molecule has 2 rings (SSSR count). The highest BCUT2D eigenvalue weighted by molar-refractivity contribution is 7.89. The van der Waals surface area contributed by atoms with Crippen LogP contribution in [0.2, 0.25) is 0 Å². The Bertz CT molecular complexity index is 923. The van der Waals surface area contributed by atoms with E-state index >= 15 is 0 Å². The lowest BCUT2D eigenvalue weighted by Gasteiger charge is -2.11. The van der Waals surface area contributed by atoms with Crippen molar-refractivity contribution in [3.8, 4) is 0 Å². The molecule has 25 heavy (non-hydrogen) atoms. The van der Waals surface area contributed by atoms with Crippen LogP contribution in [-0.4, -0.2) is 42.6 Å². The maximum absolute atomic E-state index is 12.2. The number of anilines is 1. The van der Waals surface area contributed by atoms with Crippen molar-refractivity contribution in [1.29, 1.82) is 0 Å². The Labute approximate surface area is 144 Å².